The number of rotatable bonds is 9. The van der Waals surface area contributed by atoms with Crippen molar-refractivity contribution >= 4 is 17.8 Å². The summed E-state index contributed by atoms with van der Waals surface area (Å²) < 4.78 is 0. The smallest absolute Gasteiger partial charge is 0.322 e. The molecule has 0 rings (SSSR count). The second-order valence-electron chi connectivity index (χ2n) is 6.04. The summed E-state index contributed by atoms with van der Waals surface area (Å²) in [6, 6.07) is -1.44. The van der Waals surface area contributed by atoms with Crippen LogP contribution in [0.25, 0.3) is 0 Å². The Morgan fingerprint density at radius 3 is 1.95 bits per heavy atom. The topological polar surface area (TPSA) is 122 Å². The number of amides is 2. The highest BCUT2D eigenvalue weighted by Gasteiger charge is 2.25. The summed E-state index contributed by atoms with van der Waals surface area (Å²) in [7, 11) is 0. The molecule has 0 heterocycles. The van der Waals surface area contributed by atoms with Crippen LogP contribution in [-0.2, 0) is 14.4 Å². The van der Waals surface area contributed by atoms with E-state index in [0.29, 0.717) is 12.8 Å². The lowest BCUT2D eigenvalue weighted by molar-refractivity contribution is -0.138. The third kappa shape index (κ3) is 9.01. The zero-order valence-electron chi connectivity index (χ0n) is 13.2. The Hall–Kier alpha value is -1.63. The van der Waals surface area contributed by atoms with Crippen LogP contribution in [0.2, 0.25) is 0 Å². The van der Waals surface area contributed by atoms with Gasteiger partial charge in [0, 0.05) is 0 Å². The molecule has 2 atom stereocenters. The first kappa shape index (κ1) is 19.4. The molecule has 0 spiro atoms. The molecule has 2 unspecified atom stereocenters. The molecule has 2 amide bonds. The van der Waals surface area contributed by atoms with Crippen molar-refractivity contribution in [3.8, 4) is 0 Å². The van der Waals surface area contributed by atoms with Gasteiger partial charge in [0.2, 0.25) is 11.8 Å². The van der Waals surface area contributed by atoms with Crippen molar-refractivity contribution in [2.45, 2.75) is 52.6 Å². The highest BCUT2D eigenvalue weighted by molar-refractivity contribution is 5.90. The zero-order valence-corrected chi connectivity index (χ0v) is 13.2. The van der Waals surface area contributed by atoms with E-state index in [2.05, 4.69) is 10.6 Å². The molecule has 21 heavy (non-hydrogen) atoms. The van der Waals surface area contributed by atoms with Gasteiger partial charge in [-0.15, -0.1) is 0 Å². The van der Waals surface area contributed by atoms with E-state index in [0.717, 1.165) is 0 Å². The number of nitrogens with one attached hydrogen (secondary N) is 2. The molecule has 0 saturated carbocycles. The van der Waals surface area contributed by atoms with E-state index in [-0.39, 0.29) is 17.7 Å². The molecule has 7 nitrogen and oxygen atoms in total. The Balaban J connectivity index is 4.64. The van der Waals surface area contributed by atoms with Crippen LogP contribution in [0.3, 0.4) is 0 Å². The molecule has 0 aromatic rings. The summed E-state index contributed by atoms with van der Waals surface area (Å²) in [5, 5.41) is 13.5. The van der Waals surface area contributed by atoms with E-state index in [1.54, 1.807) is 0 Å². The minimum atomic E-state index is -1.13. The van der Waals surface area contributed by atoms with Gasteiger partial charge in [-0.2, -0.15) is 0 Å². The number of carbonyl (C=O) groups excluding carboxylic acids is 2. The van der Waals surface area contributed by atoms with E-state index in [9.17, 15) is 14.4 Å². The van der Waals surface area contributed by atoms with E-state index in [1.807, 2.05) is 27.7 Å². The number of aliphatic carboxylic acids is 1. The first-order valence-corrected chi connectivity index (χ1v) is 7.18. The number of hydrogen-bond donors (Lipinski definition) is 4. The molecule has 0 bridgehead atoms. The summed E-state index contributed by atoms with van der Waals surface area (Å²) in [5.41, 5.74) is 5.78. The maximum Gasteiger partial charge on any atom is 0.322 e. The highest BCUT2D eigenvalue weighted by Crippen LogP contribution is 2.07. The van der Waals surface area contributed by atoms with Gasteiger partial charge in [0.15, 0.2) is 0 Å². The van der Waals surface area contributed by atoms with Gasteiger partial charge < -0.3 is 21.5 Å². The van der Waals surface area contributed by atoms with Gasteiger partial charge >= 0.3 is 5.97 Å². The Morgan fingerprint density at radius 2 is 1.52 bits per heavy atom. The number of carboxylic acid groups (broad SMARTS) is 1. The van der Waals surface area contributed by atoms with Crippen molar-refractivity contribution in [3.05, 3.63) is 0 Å². The summed E-state index contributed by atoms with van der Waals surface area (Å²) in [6.07, 6.45) is 0.947. The minimum Gasteiger partial charge on any atom is -0.480 e. The summed E-state index contributed by atoms with van der Waals surface area (Å²) in [5.74, 6) is -1.58. The standard InChI is InChI=1S/C14H27N3O4/c1-8(2)5-10(15)13(20)17-11(6-9(3)4)14(21)16-7-12(18)19/h8-11H,5-7,15H2,1-4H3,(H,16,21)(H,17,20)(H,18,19). The zero-order chi connectivity index (χ0) is 16.6. The van der Waals surface area contributed by atoms with Crippen LogP contribution in [0.1, 0.15) is 40.5 Å². The van der Waals surface area contributed by atoms with Gasteiger partial charge in [-0.05, 0) is 24.7 Å². The van der Waals surface area contributed by atoms with Gasteiger partial charge in [-0.1, -0.05) is 27.7 Å². The molecular weight excluding hydrogens is 274 g/mol. The second kappa shape index (κ2) is 9.33. The van der Waals surface area contributed by atoms with Gasteiger partial charge in [-0.25, -0.2) is 0 Å². The average Bonchev–Trinajstić information content (AvgIpc) is 2.33. The van der Waals surface area contributed by atoms with Crippen LogP contribution in [0, 0.1) is 11.8 Å². The molecule has 0 radical (unpaired) electrons. The fraction of sp³-hybridized carbons (Fsp3) is 0.786. The molecule has 0 aromatic carbocycles. The van der Waals surface area contributed by atoms with Crippen molar-refractivity contribution in [2.75, 3.05) is 6.54 Å². The second-order valence-corrected chi connectivity index (χ2v) is 6.04. The number of hydrogen-bond acceptors (Lipinski definition) is 4. The summed E-state index contributed by atoms with van der Waals surface area (Å²) in [4.78, 5) is 34.4. The van der Waals surface area contributed by atoms with Crippen LogP contribution < -0.4 is 16.4 Å². The van der Waals surface area contributed by atoms with Crippen LogP contribution in [0.5, 0.6) is 0 Å². The Labute approximate surface area is 125 Å². The number of carbonyl (C=O) groups is 3. The Kier molecular flexibility index (Phi) is 8.61. The summed E-state index contributed by atoms with van der Waals surface area (Å²) >= 11 is 0. The summed E-state index contributed by atoms with van der Waals surface area (Å²) in [6.45, 7) is 7.27. The Bertz CT molecular complexity index is 369. The number of carboxylic acids is 1. The van der Waals surface area contributed by atoms with Crippen LogP contribution in [0.15, 0.2) is 0 Å². The van der Waals surface area contributed by atoms with Gasteiger partial charge in [-0.3, -0.25) is 14.4 Å². The molecule has 0 aromatic heterocycles. The fourth-order valence-corrected chi connectivity index (χ4v) is 1.88. The van der Waals surface area contributed by atoms with E-state index in [1.165, 1.54) is 0 Å². The highest BCUT2D eigenvalue weighted by atomic mass is 16.4. The van der Waals surface area contributed by atoms with Crippen molar-refractivity contribution in [3.63, 3.8) is 0 Å². The van der Waals surface area contributed by atoms with E-state index in [4.69, 9.17) is 10.8 Å². The van der Waals surface area contributed by atoms with Crippen molar-refractivity contribution in [1.29, 1.82) is 0 Å². The van der Waals surface area contributed by atoms with Crippen molar-refractivity contribution < 1.29 is 19.5 Å². The van der Waals surface area contributed by atoms with Gasteiger partial charge in [0.05, 0.1) is 6.04 Å². The third-order valence-corrected chi connectivity index (χ3v) is 2.82. The van der Waals surface area contributed by atoms with Crippen LogP contribution >= 0.6 is 0 Å². The molecule has 7 heteroatoms. The van der Waals surface area contributed by atoms with E-state index < -0.39 is 30.5 Å². The quantitative estimate of drug-likeness (QED) is 0.481. The fourth-order valence-electron chi connectivity index (χ4n) is 1.88. The minimum absolute atomic E-state index is 0.173. The lowest BCUT2D eigenvalue weighted by Crippen LogP contribution is -2.52. The number of nitrogens with two attached hydrogens (primary N) is 1. The van der Waals surface area contributed by atoms with Gasteiger partial charge in [0.25, 0.3) is 0 Å². The van der Waals surface area contributed by atoms with Gasteiger partial charge in [0.1, 0.15) is 12.6 Å². The lowest BCUT2D eigenvalue weighted by Gasteiger charge is -2.22. The van der Waals surface area contributed by atoms with Crippen LogP contribution in [0.4, 0.5) is 0 Å². The molecule has 0 aliphatic rings. The molecule has 0 aliphatic heterocycles. The molecule has 122 valence electrons. The van der Waals surface area contributed by atoms with Crippen LogP contribution in [-0.4, -0.2) is 41.5 Å². The average molecular weight is 301 g/mol. The third-order valence-electron chi connectivity index (χ3n) is 2.82. The van der Waals surface area contributed by atoms with Crippen molar-refractivity contribution in [2.24, 2.45) is 17.6 Å². The largest absolute Gasteiger partial charge is 0.480 e. The predicted molar refractivity (Wildman–Crippen MR) is 79.5 cm³/mol. The monoisotopic (exact) mass is 301 g/mol. The first-order chi connectivity index (χ1) is 9.63. The molecule has 0 saturated heterocycles. The van der Waals surface area contributed by atoms with Crippen molar-refractivity contribution in [1.82, 2.24) is 10.6 Å². The maximum atomic E-state index is 12.0. The normalized spacial score (nSPS) is 13.9. The predicted octanol–water partition coefficient (Wildman–Crippen LogP) is 0.0915. The SMILES string of the molecule is CC(C)CC(N)C(=O)NC(CC(C)C)C(=O)NCC(=O)O. The molecule has 5 N–H and O–H groups in total. The molecule has 0 aliphatic carbocycles. The first-order valence-electron chi connectivity index (χ1n) is 7.18. The molecule has 0 fully saturated rings. The Morgan fingerprint density at radius 1 is 1.00 bits per heavy atom. The molecular formula is C14H27N3O4. The maximum absolute atomic E-state index is 12.0. The lowest BCUT2D eigenvalue weighted by atomic mass is 10.0. The van der Waals surface area contributed by atoms with E-state index >= 15 is 0 Å².